The van der Waals surface area contributed by atoms with Crippen molar-refractivity contribution in [1.29, 1.82) is 0 Å². The zero-order valence-corrected chi connectivity index (χ0v) is 22.3. The molecule has 2 aromatic carbocycles. The molecule has 38 heavy (non-hydrogen) atoms. The first-order valence-electron chi connectivity index (χ1n) is 12.2. The third kappa shape index (κ3) is 5.61. The largest absolute Gasteiger partial charge is 0.457 e. The van der Waals surface area contributed by atoms with Crippen molar-refractivity contribution in [1.82, 2.24) is 14.7 Å². The van der Waals surface area contributed by atoms with Gasteiger partial charge >= 0.3 is 11.9 Å². The summed E-state index contributed by atoms with van der Waals surface area (Å²) in [6.07, 6.45) is 3.37. The smallest absolute Gasteiger partial charge is 0.355 e. The Balaban J connectivity index is 1.96. The van der Waals surface area contributed by atoms with E-state index in [1.165, 1.54) is 9.58 Å². The molecule has 3 aromatic rings. The Labute approximate surface area is 220 Å². The standard InChI is InChI=1S/C29H31N3O6/c1-28(2,3)37-23(33)17-22(27(36)38-29(4,5)6)31-16-15-18-11-7-8-12-19(18)25(31)32-26(35)21-14-10-9-13-20(21)24(34)30-32/h7-17,25H,1-6H3,(H,30,34)/b22-17+. The topological polar surface area (TPSA) is 111 Å². The van der Waals surface area contributed by atoms with Crippen molar-refractivity contribution >= 4 is 28.8 Å². The second-order valence-corrected chi connectivity index (χ2v) is 11.0. The molecule has 9 nitrogen and oxygen atoms in total. The zero-order valence-electron chi connectivity index (χ0n) is 22.3. The number of aromatic nitrogens is 2. The number of aromatic amines is 1. The van der Waals surface area contributed by atoms with E-state index in [0.29, 0.717) is 5.56 Å². The van der Waals surface area contributed by atoms with Crippen LogP contribution in [0.4, 0.5) is 0 Å². The summed E-state index contributed by atoms with van der Waals surface area (Å²) >= 11 is 0. The maximum absolute atomic E-state index is 13.7. The second-order valence-electron chi connectivity index (χ2n) is 11.0. The van der Waals surface area contributed by atoms with E-state index < -0.39 is 40.4 Å². The van der Waals surface area contributed by atoms with Gasteiger partial charge in [-0.25, -0.2) is 14.3 Å². The van der Waals surface area contributed by atoms with Crippen LogP contribution in [0.3, 0.4) is 0 Å². The number of hydrogen-bond acceptors (Lipinski definition) is 7. The minimum atomic E-state index is -1.01. The quantitative estimate of drug-likeness (QED) is 0.410. The lowest BCUT2D eigenvalue weighted by atomic mass is 10.00. The van der Waals surface area contributed by atoms with Crippen molar-refractivity contribution in [2.75, 3.05) is 0 Å². The molecule has 0 fully saturated rings. The van der Waals surface area contributed by atoms with E-state index in [-0.39, 0.29) is 16.5 Å². The average Bonchev–Trinajstić information content (AvgIpc) is 2.82. The highest BCUT2D eigenvalue weighted by molar-refractivity contribution is 5.96. The molecule has 0 saturated heterocycles. The molecule has 0 aliphatic carbocycles. The maximum Gasteiger partial charge on any atom is 0.355 e. The van der Waals surface area contributed by atoms with Gasteiger partial charge in [-0.2, -0.15) is 0 Å². The van der Waals surface area contributed by atoms with Crippen LogP contribution in [0.1, 0.15) is 58.8 Å². The summed E-state index contributed by atoms with van der Waals surface area (Å²) in [5.41, 5.74) is -1.38. The van der Waals surface area contributed by atoms with E-state index in [9.17, 15) is 19.2 Å². The number of hydrogen-bond donors (Lipinski definition) is 1. The number of nitrogens with zero attached hydrogens (tertiary/aromatic N) is 2. The van der Waals surface area contributed by atoms with Crippen LogP contribution < -0.4 is 11.1 Å². The van der Waals surface area contributed by atoms with Gasteiger partial charge in [0.1, 0.15) is 16.9 Å². The summed E-state index contributed by atoms with van der Waals surface area (Å²) in [5, 5.41) is 3.14. The first kappa shape index (κ1) is 26.7. The normalized spacial score (nSPS) is 15.8. The van der Waals surface area contributed by atoms with Crippen molar-refractivity contribution in [3.8, 4) is 0 Å². The SMILES string of the molecule is CC(C)(C)OC(=O)/C=C(\C(=O)OC(C)(C)C)N1C=Cc2ccccc2C1n1[nH]c(=O)c2ccccc2c1=O. The number of H-pyrrole nitrogens is 1. The highest BCUT2D eigenvalue weighted by Gasteiger charge is 2.35. The van der Waals surface area contributed by atoms with E-state index in [4.69, 9.17) is 9.47 Å². The highest BCUT2D eigenvalue weighted by Crippen LogP contribution is 2.34. The average molecular weight is 518 g/mol. The number of rotatable bonds is 4. The monoisotopic (exact) mass is 517 g/mol. The van der Waals surface area contributed by atoms with Gasteiger partial charge in [0.15, 0.2) is 6.17 Å². The molecule has 1 aliphatic rings. The Kier molecular flexibility index (Phi) is 6.88. The van der Waals surface area contributed by atoms with E-state index >= 15 is 0 Å². The molecule has 0 amide bonds. The van der Waals surface area contributed by atoms with Gasteiger partial charge in [-0.1, -0.05) is 36.4 Å². The summed E-state index contributed by atoms with van der Waals surface area (Å²) in [5.74, 6) is -1.56. The number of carbonyl (C=O) groups is 2. The number of esters is 2. The van der Waals surface area contributed by atoms with Crippen LogP contribution in [0.5, 0.6) is 0 Å². The lowest BCUT2D eigenvalue weighted by Gasteiger charge is -2.36. The van der Waals surface area contributed by atoms with Gasteiger partial charge in [-0.3, -0.25) is 14.7 Å². The van der Waals surface area contributed by atoms with Crippen LogP contribution in [-0.2, 0) is 19.1 Å². The van der Waals surface area contributed by atoms with Crippen LogP contribution in [0.15, 0.2) is 76.1 Å². The molecule has 9 heteroatoms. The Morgan fingerprint density at radius 1 is 0.868 bits per heavy atom. The molecule has 1 aromatic heterocycles. The van der Waals surface area contributed by atoms with Crippen LogP contribution >= 0.6 is 0 Å². The Morgan fingerprint density at radius 2 is 1.47 bits per heavy atom. The number of ether oxygens (including phenoxy) is 2. The van der Waals surface area contributed by atoms with Crippen LogP contribution in [0.25, 0.3) is 16.8 Å². The van der Waals surface area contributed by atoms with E-state index in [2.05, 4.69) is 5.10 Å². The lowest BCUT2D eigenvalue weighted by Crippen LogP contribution is -2.43. The van der Waals surface area contributed by atoms with Gasteiger partial charge < -0.3 is 14.4 Å². The summed E-state index contributed by atoms with van der Waals surface area (Å²) in [4.78, 5) is 54.5. The van der Waals surface area contributed by atoms with E-state index in [1.54, 1.807) is 90.2 Å². The summed E-state index contributed by atoms with van der Waals surface area (Å²) < 4.78 is 12.2. The molecule has 1 aliphatic heterocycles. The first-order chi connectivity index (χ1) is 17.7. The number of benzene rings is 2. The zero-order chi connectivity index (χ0) is 27.8. The minimum absolute atomic E-state index is 0.161. The molecule has 0 saturated carbocycles. The highest BCUT2D eigenvalue weighted by atomic mass is 16.6. The second kappa shape index (κ2) is 9.81. The summed E-state index contributed by atoms with van der Waals surface area (Å²) in [7, 11) is 0. The first-order valence-corrected chi connectivity index (χ1v) is 12.2. The third-order valence-corrected chi connectivity index (χ3v) is 5.59. The van der Waals surface area contributed by atoms with Gasteiger partial charge in [0.25, 0.3) is 11.1 Å². The Hall–Kier alpha value is -4.40. The molecule has 0 spiro atoms. The van der Waals surface area contributed by atoms with E-state index in [1.807, 2.05) is 12.1 Å². The van der Waals surface area contributed by atoms with Gasteiger partial charge in [-0.15, -0.1) is 0 Å². The van der Waals surface area contributed by atoms with Crippen molar-refractivity contribution in [2.45, 2.75) is 58.9 Å². The Bertz CT molecular complexity index is 1580. The number of fused-ring (bicyclic) bond motifs is 2. The minimum Gasteiger partial charge on any atom is -0.457 e. The van der Waals surface area contributed by atoms with Crippen LogP contribution in [0, 0.1) is 0 Å². The Morgan fingerprint density at radius 3 is 2.13 bits per heavy atom. The molecule has 1 unspecified atom stereocenters. The van der Waals surface area contributed by atoms with Crippen molar-refractivity contribution in [3.05, 3.63) is 98.3 Å². The van der Waals surface area contributed by atoms with Crippen LogP contribution in [0.2, 0.25) is 0 Å². The predicted molar refractivity (Wildman–Crippen MR) is 144 cm³/mol. The van der Waals surface area contributed by atoms with Gasteiger partial charge in [0, 0.05) is 11.8 Å². The number of nitrogens with one attached hydrogen (secondary N) is 1. The van der Waals surface area contributed by atoms with Crippen LogP contribution in [-0.4, -0.2) is 37.8 Å². The number of carbonyl (C=O) groups excluding carboxylic acids is 2. The summed E-state index contributed by atoms with van der Waals surface area (Å²) in [6, 6.07) is 13.8. The third-order valence-electron chi connectivity index (χ3n) is 5.59. The maximum atomic E-state index is 13.7. The fourth-order valence-electron chi connectivity index (χ4n) is 4.17. The molecule has 1 atom stereocenters. The van der Waals surface area contributed by atoms with E-state index in [0.717, 1.165) is 11.6 Å². The lowest BCUT2D eigenvalue weighted by molar-refractivity contribution is -0.154. The predicted octanol–water partition coefficient (Wildman–Crippen LogP) is 4.09. The molecule has 198 valence electrons. The van der Waals surface area contributed by atoms with Crippen molar-refractivity contribution < 1.29 is 19.1 Å². The van der Waals surface area contributed by atoms with Gasteiger partial charge in [0.2, 0.25) is 0 Å². The molecule has 0 bridgehead atoms. The summed E-state index contributed by atoms with van der Waals surface area (Å²) in [6.45, 7) is 10.3. The fourth-order valence-corrected chi connectivity index (χ4v) is 4.17. The molecular weight excluding hydrogens is 486 g/mol. The molecule has 1 N–H and O–H groups in total. The molecule has 2 heterocycles. The van der Waals surface area contributed by atoms with Gasteiger partial charge in [-0.05, 0) is 65.3 Å². The molecular formula is C29H31N3O6. The molecule has 0 radical (unpaired) electrons. The van der Waals surface area contributed by atoms with Gasteiger partial charge in [0.05, 0.1) is 16.8 Å². The van der Waals surface area contributed by atoms with Crippen molar-refractivity contribution in [2.24, 2.45) is 0 Å². The molecule has 4 rings (SSSR count). The fraction of sp³-hybridized carbons (Fsp3) is 0.310. The van der Waals surface area contributed by atoms with Crippen molar-refractivity contribution in [3.63, 3.8) is 0 Å².